The zero-order chi connectivity index (χ0) is 15.5. The van der Waals surface area contributed by atoms with Gasteiger partial charge in [0.2, 0.25) is 0 Å². The van der Waals surface area contributed by atoms with Gasteiger partial charge in [0.05, 0.1) is 16.8 Å². The number of nitrogens with one attached hydrogen (secondary N) is 2. The first kappa shape index (κ1) is 14.9. The number of halogens is 3. The van der Waals surface area contributed by atoms with Crippen LogP contribution in [0, 0.1) is 0 Å². The van der Waals surface area contributed by atoms with Gasteiger partial charge in [-0.25, -0.2) is 0 Å². The van der Waals surface area contributed by atoms with Crippen molar-refractivity contribution in [2.75, 3.05) is 17.7 Å². The second kappa shape index (κ2) is 5.87. The molecule has 110 valence electrons. The zero-order valence-electron chi connectivity index (χ0n) is 11.2. The van der Waals surface area contributed by atoms with Crippen LogP contribution in [0.2, 0.25) is 0 Å². The Bertz CT molecular complexity index is 653. The topological polar surface area (TPSA) is 41.1 Å². The molecule has 21 heavy (non-hydrogen) atoms. The molecular formula is C15H13F3N2O. The van der Waals surface area contributed by atoms with E-state index >= 15 is 0 Å². The van der Waals surface area contributed by atoms with Crippen molar-refractivity contribution in [1.82, 2.24) is 0 Å². The van der Waals surface area contributed by atoms with E-state index in [2.05, 4.69) is 10.6 Å². The van der Waals surface area contributed by atoms with Gasteiger partial charge in [0.15, 0.2) is 0 Å². The molecule has 6 heteroatoms. The summed E-state index contributed by atoms with van der Waals surface area (Å²) in [7, 11) is 1.63. The number of hydrogen-bond donors (Lipinski definition) is 2. The predicted octanol–water partition coefficient (Wildman–Crippen LogP) is 4.00. The normalized spacial score (nSPS) is 11.0. The molecule has 0 aliphatic heterocycles. The molecule has 0 unspecified atom stereocenters. The molecule has 0 saturated carbocycles. The summed E-state index contributed by atoms with van der Waals surface area (Å²) in [4.78, 5) is 12.2. The molecule has 0 aliphatic carbocycles. The summed E-state index contributed by atoms with van der Waals surface area (Å²) in [5, 5.41) is 5.13. The molecule has 0 radical (unpaired) electrons. The maximum Gasteiger partial charge on any atom is 0.418 e. The van der Waals surface area contributed by atoms with Crippen LogP contribution in [0.15, 0.2) is 48.5 Å². The van der Waals surface area contributed by atoms with Crippen molar-refractivity contribution in [3.05, 3.63) is 59.7 Å². The van der Waals surface area contributed by atoms with Crippen LogP contribution in [0.1, 0.15) is 15.9 Å². The van der Waals surface area contributed by atoms with E-state index in [1.54, 1.807) is 25.2 Å². The van der Waals surface area contributed by atoms with Gasteiger partial charge in [-0.15, -0.1) is 0 Å². The molecule has 0 atom stereocenters. The number of amides is 1. The Balaban J connectivity index is 2.33. The predicted molar refractivity (Wildman–Crippen MR) is 75.4 cm³/mol. The zero-order valence-corrected chi connectivity index (χ0v) is 11.2. The van der Waals surface area contributed by atoms with Gasteiger partial charge >= 0.3 is 6.18 Å². The van der Waals surface area contributed by atoms with Crippen molar-refractivity contribution in [3.63, 3.8) is 0 Å². The first-order chi connectivity index (χ1) is 9.93. The van der Waals surface area contributed by atoms with Crippen molar-refractivity contribution < 1.29 is 18.0 Å². The number of hydrogen-bond acceptors (Lipinski definition) is 2. The summed E-state index contributed by atoms with van der Waals surface area (Å²) in [6.07, 6.45) is -4.52. The smallest absolute Gasteiger partial charge is 0.387 e. The van der Waals surface area contributed by atoms with Crippen LogP contribution in [-0.4, -0.2) is 13.0 Å². The first-order valence-electron chi connectivity index (χ1n) is 6.18. The third kappa shape index (κ3) is 3.34. The summed E-state index contributed by atoms with van der Waals surface area (Å²) < 4.78 is 38.6. The molecule has 2 rings (SSSR count). The summed E-state index contributed by atoms with van der Waals surface area (Å²) >= 11 is 0. The van der Waals surface area contributed by atoms with Crippen LogP contribution in [0.4, 0.5) is 24.5 Å². The van der Waals surface area contributed by atoms with Crippen LogP contribution in [0.25, 0.3) is 0 Å². The Morgan fingerprint density at radius 2 is 1.52 bits per heavy atom. The number of alkyl halides is 3. The van der Waals surface area contributed by atoms with Gasteiger partial charge < -0.3 is 10.6 Å². The second-order valence-corrected chi connectivity index (χ2v) is 4.29. The van der Waals surface area contributed by atoms with Crippen molar-refractivity contribution in [1.29, 1.82) is 0 Å². The fraction of sp³-hybridized carbons (Fsp3) is 0.133. The van der Waals surface area contributed by atoms with Crippen LogP contribution < -0.4 is 10.6 Å². The van der Waals surface area contributed by atoms with Gasteiger partial charge in [-0.1, -0.05) is 24.3 Å². The van der Waals surface area contributed by atoms with Gasteiger partial charge in [-0.05, 0) is 24.3 Å². The van der Waals surface area contributed by atoms with E-state index in [9.17, 15) is 18.0 Å². The van der Waals surface area contributed by atoms with E-state index in [1.165, 1.54) is 24.3 Å². The molecule has 0 heterocycles. The Morgan fingerprint density at radius 3 is 2.14 bits per heavy atom. The highest BCUT2D eigenvalue weighted by molar-refractivity contribution is 6.08. The molecule has 0 bridgehead atoms. The molecule has 1 amide bonds. The molecule has 3 nitrogen and oxygen atoms in total. The minimum absolute atomic E-state index is 0.263. The molecule has 0 fully saturated rings. The molecule has 2 aromatic carbocycles. The third-order valence-electron chi connectivity index (χ3n) is 2.92. The van der Waals surface area contributed by atoms with Gasteiger partial charge in [0, 0.05) is 12.7 Å². The summed E-state index contributed by atoms with van der Waals surface area (Å²) in [6, 6.07) is 11.5. The molecule has 0 saturated heterocycles. The lowest BCUT2D eigenvalue weighted by Crippen LogP contribution is -2.17. The minimum atomic E-state index is -4.52. The number of benzene rings is 2. The number of rotatable bonds is 3. The SMILES string of the molecule is CNc1ccccc1C(=O)Nc1ccccc1C(F)(F)F. The minimum Gasteiger partial charge on any atom is -0.387 e. The highest BCUT2D eigenvalue weighted by Gasteiger charge is 2.33. The van der Waals surface area contributed by atoms with Crippen molar-refractivity contribution in [3.8, 4) is 0 Å². The number of carbonyl (C=O) groups excluding carboxylic acids is 1. The Morgan fingerprint density at radius 1 is 0.952 bits per heavy atom. The summed E-state index contributed by atoms with van der Waals surface area (Å²) in [5.74, 6) is -0.600. The highest BCUT2D eigenvalue weighted by atomic mass is 19.4. The van der Waals surface area contributed by atoms with E-state index in [-0.39, 0.29) is 11.3 Å². The number of carbonyl (C=O) groups is 1. The van der Waals surface area contributed by atoms with E-state index in [0.717, 1.165) is 6.07 Å². The Labute approximate surface area is 119 Å². The third-order valence-corrected chi connectivity index (χ3v) is 2.92. The number of para-hydroxylation sites is 2. The highest BCUT2D eigenvalue weighted by Crippen LogP contribution is 2.34. The van der Waals surface area contributed by atoms with Crippen molar-refractivity contribution in [2.45, 2.75) is 6.18 Å². The Hall–Kier alpha value is -2.50. The van der Waals surface area contributed by atoms with Gasteiger partial charge in [-0.2, -0.15) is 13.2 Å². The summed E-state index contributed by atoms with van der Waals surface area (Å²) in [5.41, 5.74) is -0.322. The monoisotopic (exact) mass is 294 g/mol. The maximum atomic E-state index is 12.9. The van der Waals surface area contributed by atoms with Gasteiger partial charge in [0.1, 0.15) is 0 Å². The summed E-state index contributed by atoms with van der Waals surface area (Å²) in [6.45, 7) is 0. The average Bonchev–Trinajstić information content (AvgIpc) is 2.46. The number of anilines is 2. The van der Waals surface area contributed by atoms with Crippen LogP contribution in [-0.2, 0) is 6.18 Å². The standard InChI is InChI=1S/C15H13F3N2O/c1-19-12-8-4-2-6-10(12)14(21)20-13-9-5-3-7-11(13)15(16,17)18/h2-9,19H,1H3,(H,20,21). The molecule has 2 N–H and O–H groups in total. The first-order valence-corrected chi connectivity index (χ1v) is 6.18. The molecule has 2 aromatic rings. The fourth-order valence-electron chi connectivity index (χ4n) is 1.93. The van der Waals surface area contributed by atoms with E-state index in [4.69, 9.17) is 0 Å². The van der Waals surface area contributed by atoms with Gasteiger partial charge in [-0.3, -0.25) is 4.79 Å². The van der Waals surface area contributed by atoms with Crippen LogP contribution in [0.5, 0.6) is 0 Å². The average molecular weight is 294 g/mol. The van der Waals surface area contributed by atoms with Gasteiger partial charge in [0.25, 0.3) is 5.91 Å². The quantitative estimate of drug-likeness (QED) is 0.898. The van der Waals surface area contributed by atoms with Crippen molar-refractivity contribution >= 4 is 17.3 Å². The van der Waals surface area contributed by atoms with Crippen molar-refractivity contribution in [2.24, 2.45) is 0 Å². The van der Waals surface area contributed by atoms with E-state index < -0.39 is 17.6 Å². The molecular weight excluding hydrogens is 281 g/mol. The Kier molecular flexibility index (Phi) is 4.16. The molecule has 0 spiro atoms. The van der Waals surface area contributed by atoms with E-state index in [0.29, 0.717) is 5.69 Å². The van der Waals surface area contributed by atoms with E-state index in [1.807, 2.05) is 0 Å². The second-order valence-electron chi connectivity index (χ2n) is 4.29. The van der Waals surface area contributed by atoms with Crippen LogP contribution >= 0.6 is 0 Å². The largest absolute Gasteiger partial charge is 0.418 e. The molecule has 0 aliphatic rings. The lowest BCUT2D eigenvalue weighted by molar-refractivity contribution is -0.136. The lowest BCUT2D eigenvalue weighted by atomic mass is 10.1. The van der Waals surface area contributed by atoms with Crippen LogP contribution in [0.3, 0.4) is 0 Å². The molecule has 0 aromatic heterocycles. The fourth-order valence-corrected chi connectivity index (χ4v) is 1.93. The maximum absolute atomic E-state index is 12.9. The lowest BCUT2D eigenvalue weighted by Gasteiger charge is -2.14.